The third-order valence-corrected chi connectivity index (χ3v) is 4.20. The second-order valence-corrected chi connectivity index (χ2v) is 5.69. The van der Waals surface area contributed by atoms with E-state index in [-0.39, 0.29) is 6.03 Å². The molecular formula is C16H22N2O3. The van der Waals surface area contributed by atoms with Crippen LogP contribution in [0, 0.1) is 0 Å². The predicted octanol–water partition coefficient (Wildman–Crippen LogP) is 2.54. The van der Waals surface area contributed by atoms with Gasteiger partial charge in [-0.2, -0.15) is 0 Å². The van der Waals surface area contributed by atoms with Gasteiger partial charge in [0.15, 0.2) is 11.5 Å². The fourth-order valence-corrected chi connectivity index (χ4v) is 2.56. The van der Waals surface area contributed by atoms with Crippen molar-refractivity contribution in [2.24, 2.45) is 0 Å². The van der Waals surface area contributed by atoms with E-state index in [2.05, 4.69) is 5.32 Å². The lowest BCUT2D eigenvalue weighted by molar-refractivity contribution is 0.157. The van der Waals surface area contributed by atoms with Gasteiger partial charge in [-0.3, -0.25) is 0 Å². The topological polar surface area (TPSA) is 50.8 Å². The first-order chi connectivity index (χ1) is 10.2. The highest BCUT2D eigenvalue weighted by Gasteiger charge is 2.25. The highest BCUT2D eigenvalue weighted by atomic mass is 16.5. The highest BCUT2D eigenvalue weighted by Crippen LogP contribution is 2.30. The van der Waals surface area contributed by atoms with Crippen LogP contribution in [-0.2, 0) is 6.54 Å². The minimum absolute atomic E-state index is 0.00758. The minimum atomic E-state index is -0.00758. The summed E-state index contributed by atoms with van der Waals surface area (Å²) in [6.45, 7) is 1.87. The van der Waals surface area contributed by atoms with Gasteiger partial charge in [0.05, 0.1) is 13.2 Å². The van der Waals surface area contributed by atoms with Crippen LogP contribution >= 0.6 is 0 Å². The molecule has 1 N–H and O–H groups in total. The number of carbonyl (C=O) groups excluding carboxylic acids is 1. The monoisotopic (exact) mass is 290 g/mol. The second kappa shape index (κ2) is 6.24. The van der Waals surface area contributed by atoms with Crippen molar-refractivity contribution in [2.45, 2.75) is 38.3 Å². The van der Waals surface area contributed by atoms with Gasteiger partial charge in [-0.15, -0.1) is 0 Å². The molecule has 1 aliphatic carbocycles. The van der Waals surface area contributed by atoms with Crippen molar-refractivity contribution in [3.63, 3.8) is 0 Å². The number of benzene rings is 1. The largest absolute Gasteiger partial charge is 0.490 e. The molecule has 114 valence electrons. The Labute approximate surface area is 125 Å². The summed E-state index contributed by atoms with van der Waals surface area (Å²) >= 11 is 0. The third-order valence-electron chi connectivity index (χ3n) is 4.20. The molecular weight excluding hydrogens is 268 g/mol. The number of amides is 2. The molecule has 0 spiro atoms. The molecule has 0 aromatic heterocycles. The molecule has 0 bridgehead atoms. The number of nitrogens with one attached hydrogen (secondary N) is 1. The summed E-state index contributed by atoms with van der Waals surface area (Å²) in [5.41, 5.74) is 1.02. The fourth-order valence-electron chi connectivity index (χ4n) is 2.56. The molecule has 2 amide bonds. The van der Waals surface area contributed by atoms with Crippen LogP contribution in [0.4, 0.5) is 4.79 Å². The minimum Gasteiger partial charge on any atom is -0.490 e. The lowest BCUT2D eigenvalue weighted by Gasteiger charge is -2.34. The molecule has 3 rings (SSSR count). The van der Waals surface area contributed by atoms with Gasteiger partial charge in [0.25, 0.3) is 0 Å². The summed E-state index contributed by atoms with van der Waals surface area (Å²) < 4.78 is 11.3. The molecule has 0 atom stereocenters. The number of hydrogen-bond donors (Lipinski definition) is 1. The average Bonchev–Trinajstić information content (AvgIpc) is 2.67. The van der Waals surface area contributed by atoms with Crippen molar-refractivity contribution < 1.29 is 14.3 Å². The number of rotatable bonds is 3. The second-order valence-electron chi connectivity index (χ2n) is 5.69. The summed E-state index contributed by atoms with van der Waals surface area (Å²) in [5.74, 6) is 1.56. The van der Waals surface area contributed by atoms with E-state index in [0.717, 1.165) is 36.3 Å². The van der Waals surface area contributed by atoms with Crippen LogP contribution in [0.5, 0.6) is 11.5 Å². The van der Waals surface area contributed by atoms with E-state index < -0.39 is 0 Å². The van der Waals surface area contributed by atoms with Gasteiger partial charge in [0.1, 0.15) is 0 Å². The van der Waals surface area contributed by atoms with Crippen LogP contribution in [-0.4, -0.2) is 37.2 Å². The van der Waals surface area contributed by atoms with Crippen molar-refractivity contribution in [1.82, 2.24) is 10.2 Å². The van der Waals surface area contributed by atoms with Gasteiger partial charge < -0.3 is 19.7 Å². The van der Waals surface area contributed by atoms with E-state index >= 15 is 0 Å². The maximum atomic E-state index is 12.1. The zero-order valence-electron chi connectivity index (χ0n) is 12.4. The number of hydrogen-bond acceptors (Lipinski definition) is 3. The van der Waals surface area contributed by atoms with Crippen molar-refractivity contribution in [2.75, 3.05) is 20.3 Å². The normalized spacial score (nSPS) is 17.6. The third kappa shape index (κ3) is 3.23. The first kappa shape index (κ1) is 14.0. The molecule has 0 radical (unpaired) electrons. The number of nitrogens with zero attached hydrogens (tertiary/aromatic N) is 1. The first-order valence-corrected chi connectivity index (χ1v) is 7.63. The van der Waals surface area contributed by atoms with E-state index in [1.165, 1.54) is 6.42 Å². The molecule has 1 aromatic rings. The van der Waals surface area contributed by atoms with Crippen LogP contribution in [0.1, 0.15) is 31.2 Å². The van der Waals surface area contributed by atoms with Gasteiger partial charge in [0, 0.05) is 26.1 Å². The molecule has 0 unspecified atom stereocenters. The van der Waals surface area contributed by atoms with E-state index in [4.69, 9.17) is 9.47 Å². The van der Waals surface area contributed by atoms with Gasteiger partial charge >= 0.3 is 6.03 Å². The molecule has 1 aliphatic heterocycles. The van der Waals surface area contributed by atoms with Crippen molar-refractivity contribution in [3.05, 3.63) is 23.8 Å². The van der Waals surface area contributed by atoms with E-state index in [9.17, 15) is 4.79 Å². The maximum Gasteiger partial charge on any atom is 0.317 e. The zero-order valence-corrected chi connectivity index (χ0v) is 12.4. The molecule has 5 nitrogen and oxygen atoms in total. The van der Waals surface area contributed by atoms with Crippen LogP contribution in [0.2, 0.25) is 0 Å². The Bertz CT molecular complexity index is 514. The summed E-state index contributed by atoms with van der Waals surface area (Å²) in [6.07, 6.45) is 4.36. The molecule has 1 heterocycles. The van der Waals surface area contributed by atoms with Crippen LogP contribution < -0.4 is 14.8 Å². The Hall–Kier alpha value is -1.91. The Morgan fingerprint density at radius 1 is 1.24 bits per heavy atom. The molecule has 1 fully saturated rings. The molecule has 0 saturated heterocycles. The van der Waals surface area contributed by atoms with Gasteiger partial charge in [-0.1, -0.05) is 6.07 Å². The standard InChI is InChI=1S/C16H22N2O3/c1-18(13-4-2-5-13)16(19)17-11-12-6-7-14-15(10-12)21-9-3-8-20-14/h6-7,10,13H,2-5,8-9,11H2,1H3,(H,17,19). The van der Waals surface area contributed by atoms with E-state index in [1.54, 1.807) is 0 Å². The predicted molar refractivity (Wildman–Crippen MR) is 79.7 cm³/mol. The first-order valence-electron chi connectivity index (χ1n) is 7.63. The summed E-state index contributed by atoms with van der Waals surface area (Å²) in [6, 6.07) is 6.24. The Morgan fingerprint density at radius 2 is 2.00 bits per heavy atom. The van der Waals surface area contributed by atoms with Gasteiger partial charge in [-0.25, -0.2) is 4.79 Å². The van der Waals surface area contributed by atoms with Crippen LogP contribution in [0.3, 0.4) is 0 Å². The Morgan fingerprint density at radius 3 is 2.71 bits per heavy atom. The number of carbonyl (C=O) groups is 1. The molecule has 2 aliphatic rings. The van der Waals surface area contributed by atoms with Crippen LogP contribution in [0.25, 0.3) is 0 Å². The summed E-state index contributed by atoms with van der Waals surface area (Å²) in [5, 5.41) is 2.96. The molecule has 1 aromatic carbocycles. The van der Waals surface area contributed by atoms with Crippen LogP contribution in [0.15, 0.2) is 18.2 Å². The SMILES string of the molecule is CN(C(=O)NCc1ccc2c(c1)OCCCO2)C1CCC1. The van der Waals surface area contributed by atoms with Gasteiger partial charge in [-0.05, 0) is 37.0 Å². The zero-order chi connectivity index (χ0) is 14.7. The number of ether oxygens (including phenoxy) is 2. The lowest BCUT2D eigenvalue weighted by Crippen LogP contribution is -2.46. The quantitative estimate of drug-likeness (QED) is 0.930. The highest BCUT2D eigenvalue weighted by molar-refractivity contribution is 5.74. The fraction of sp³-hybridized carbons (Fsp3) is 0.562. The maximum absolute atomic E-state index is 12.1. The molecule has 1 saturated carbocycles. The number of fused-ring (bicyclic) bond motifs is 1. The lowest BCUT2D eigenvalue weighted by atomic mass is 9.92. The van der Waals surface area contributed by atoms with Crippen molar-refractivity contribution >= 4 is 6.03 Å². The summed E-state index contributed by atoms with van der Waals surface area (Å²) in [4.78, 5) is 13.9. The molecule has 21 heavy (non-hydrogen) atoms. The average molecular weight is 290 g/mol. The smallest absolute Gasteiger partial charge is 0.317 e. The summed E-state index contributed by atoms with van der Waals surface area (Å²) in [7, 11) is 1.87. The van der Waals surface area contributed by atoms with E-state index in [1.807, 2.05) is 30.1 Å². The molecule has 5 heteroatoms. The Balaban J connectivity index is 1.57. The van der Waals surface area contributed by atoms with Crippen molar-refractivity contribution in [3.8, 4) is 11.5 Å². The van der Waals surface area contributed by atoms with Crippen molar-refractivity contribution in [1.29, 1.82) is 0 Å². The van der Waals surface area contributed by atoms with E-state index in [0.29, 0.717) is 25.8 Å². The van der Waals surface area contributed by atoms with Gasteiger partial charge in [0.2, 0.25) is 0 Å². The number of urea groups is 1. The Kier molecular flexibility index (Phi) is 4.18.